The number of benzene rings is 1. The van der Waals surface area contributed by atoms with Crippen LogP contribution < -0.4 is 10.5 Å². The van der Waals surface area contributed by atoms with E-state index in [2.05, 4.69) is 0 Å². The molecule has 1 rings (SSSR count). The number of carboxylic acids is 1. The number of methoxy groups -OCH3 is 1. The lowest BCUT2D eigenvalue weighted by Crippen LogP contribution is -2.32. The van der Waals surface area contributed by atoms with Crippen molar-refractivity contribution < 1.29 is 18.8 Å². The van der Waals surface area contributed by atoms with E-state index >= 15 is 0 Å². The van der Waals surface area contributed by atoms with Crippen molar-refractivity contribution in [3.8, 4) is 5.75 Å². The van der Waals surface area contributed by atoms with E-state index in [1.807, 2.05) is 12.1 Å². The molecule has 0 spiro atoms. The molecule has 7 heteroatoms. The Labute approximate surface area is 118 Å². The highest BCUT2D eigenvalue weighted by molar-refractivity contribution is 7.92. The lowest BCUT2D eigenvalue weighted by Gasteiger charge is -2.10. The van der Waals surface area contributed by atoms with Crippen LogP contribution in [0.25, 0.3) is 0 Å². The molecule has 1 unspecified atom stereocenters. The summed E-state index contributed by atoms with van der Waals surface area (Å²) in [5.74, 6) is -0.175. The third-order valence-electron chi connectivity index (χ3n) is 2.96. The molecule has 20 heavy (non-hydrogen) atoms. The summed E-state index contributed by atoms with van der Waals surface area (Å²) in [5.41, 5.74) is 6.31. The summed E-state index contributed by atoms with van der Waals surface area (Å²) < 4.78 is 24.8. The number of carboxylic acid groups (broad SMARTS) is 1. The molecule has 2 atom stereocenters. The van der Waals surface area contributed by atoms with Gasteiger partial charge >= 0.3 is 5.97 Å². The quantitative estimate of drug-likeness (QED) is 0.665. The van der Waals surface area contributed by atoms with E-state index < -0.39 is 21.7 Å². The number of nitrogens with one attached hydrogen (secondary N) is 1. The SMILES string of the molecule is COc1ccc(CCS(=N)(=O)CC[C@H](N)C(=O)O)cc1. The molecule has 0 radical (unpaired) electrons. The maximum absolute atomic E-state index is 12.0. The van der Waals surface area contributed by atoms with Crippen molar-refractivity contribution in [3.63, 3.8) is 0 Å². The predicted molar refractivity (Wildman–Crippen MR) is 77.5 cm³/mol. The number of ether oxygens (including phenoxy) is 1. The largest absolute Gasteiger partial charge is 0.497 e. The van der Waals surface area contributed by atoms with E-state index in [4.69, 9.17) is 20.4 Å². The summed E-state index contributed by atoms with van der Waals surface area (Å²) in [4.78, 5) is 10.6. The van der Waals surface area contributed by atoms with Crippen LogP contribution in [0.2, 0.25) is 0 Å². The highest BCUT2D eigenvalue weighted by atomic mass is 32.2. The average Bonchev–Trinajstić information content (AvgIpc) is 2.43. The van der Waals surface area contributed by atoms with E-state index in [0.717, 1.165) is 11.3 Å². The molecule has 1 aromatic rings. The topological polar surface area (TPSA) is 113 Å². The minimum Gasteiger partial charge on any atom is -0.497 e. The van der Waals surface area contributed by atoms with Gasteiger partial charge in [-0.2, -0.15) is 0 Å². The molecule has 0 aliphatic rings. The Hall–Kier alpha value is -1.60. The minimum absolute atomic E-state index is 0.0105. The lowest BCUT2D eigenvalue weighted by atomic mass is 10.2. The first-order chi connectivity index (χ1) is 9.34. The Morgan fingerprint density at radius 3 is 2.50 bits per heavy atom. The lowest BCUT2D eigenvalue weighted by molar-refractivity contribution is -0.138. The normalized spacial score (nSPS) is 15.3. The second-order valence-corrected chi connectivity index (χ2v) is 6.99. The molecule has 0 heterocycles. The fraction of sp³-hybridized carbons (Fsp3) is 0.462. The van der Waals surface area contributed by atoms with Crippen molar-refractivity contribution in [1.29, 1.82) is 4.78 Å². The van der Waals surface area contributed by atoms with Gasteiger partial charge in [0.05, 0.1) is 7.11 Å². The van der Waals surface area contributed by atoms with Crippen LogP contribution in [0, 0.1) is 4.78 Å². The number of aryl methyl sites for hydroxylation is 1. The minimum atomic E-state index is -2.80. The van der Waals surface area contributed by atoms with Crippen molar-refractivity contribution in [2.75, 3.05) is 18.6 Å². The zero-order valence-corrected chi connectivity index (χ0v) is 12.2. The number of carbonyl (C=O) groups is 1. The van der Waals surface area contributed by atoms with Gasteiger partial charge in [-0.25, -0.2) is 4.21 Å². The third kappa shape index (κ3) is 5.58. The molecule has 4 N–H and O–H groups in total. The van der Waals surface area contributed by atoms with E-state index in [-0.39, 0.29) is 17.9 Å². The highest BCUT2D eigenvalue weighted by Crippen LogP contribution is 2.12. The monoisotopic (exact) mass is 300 g/mol. The van der Waals surface area contributed by atoms with Gasteiger partial charge in [-0.3, -0.25) is 9.57 Å². The molecule has 0 aliphatic heterocycles. The van der Waals surface area contributed by atoms with Gasteiger partial charge in [0.1, 0.15) is 11.8 Å². The summed E-state index contributed by atoms with van der Waals surface area (Å²) in [6.07, 6.45) is 0.564. The smallest absolute Gasteiger partial charge is 0.320 e. The molecule has 0 saturated carbocycles. The van der Waals surface area contributed by atoms with Gasteiger partial charge in [0, 0.05) is 21.2 Å². The Morgan fingerprint density at radius 1 is 1.40 bits per heavy atom. The molecule has 112 valence electrons. The van der Waals surface area contributed by atoms with Gasteiger partial charge in [0.25, 0.3) is 0 Å². The molecular formula is C13H20N2O4S. The predicted octanol–water partition coefficient (Wildman–Crippen LogP) is 1.09. The van der Waals surface area contributed by atoms with Crippen molar-refractivity contribution >= 4 is 15.7 Å². The molecular weight excluding hydrogens is 280 g/mol. The number of hydrogen-bond donors (Lipinski definition) is 3. The Kier molecular flexibility index (Phi) is 5.97. The van der Waals surface area contributed by atoms with E-state index in [9.17, 15) is 9.00 Å². The second-order valence-electron chi connectivity index (χ2n) is 4.55. The van der Waals surface area contributed by atoms with Crippen LogP contribution in [-0.4, -0.2) is 39.9 Å². The van der Waals surface area contributed by atoms with E-state index in [0.29, 0.717) is 6.42 Å². The molecule has 0 aliphatic carbocycles. The third-order valence-corrected chi connectivity index (χ3v) is 4.71. The van der Waals surface area contributed by atoms with Gasteiger partial charge in [0.2, 0.25) is 0 Å². The summed E-state index contributed by atoms with van der Waals surface area (Å²) in [5, 5.41) is 8.65. The van der Waals surface area contributed by atoms with Gasteiger partial charge in [0.15, 0.2) is 0 Å². The second kappa shape index (κ2) is 7.25. The van der Waals surface area contributed by atoms with Crippen LogP contribution in [0.15, 0.2) is 24.3 Å². The Morgan fingerprint density at radius 2 is 2.00 bits per heavy atom. The zero-order valence-electron chi connectivity index (χ0n) is 11.4. The number of nitrogens with two attached hydrogens (primary N) is 1. The van der Waals surface area contributed by atoms with Crippen molar-refractivity contribution in [2.24, 2.45) is 5.73 Å². The standard InChI is InChI=1S/C13H20N2O4S/c1-19-11-4-2-10(3-5-11)6-8-20(15,18)9-7-12(14)13(16)17/h2-5,12,15H,6-9,14H2,1H3,(H,16,17)/t12-,20?/m0/s1. The van der Waals surface area contributed by atoms with Crippen molar-refractivity contribution in [2.45, 2.75) is 18.9 Å². The average molecular weight is 300 g/mol. The first-order valence-corrected chi connectivity index (χ1v) is 8.09. The molecule has 1 aromatic carbocycles. The molecule has 0 saturated heterocycles. The summed E-state index contributed by atoms with van der Waals surface area (Å²) in [6, 6.07) is 6.28. The van der Waals surface area contributed by atoms with Crippen LogP contribution in [0.4, 0.5) is 0 Å². The van der Waals surface area contributed by atoms with Gasteiger partial charge in [-0.15, -0.1) is 0 Å². The van der Waals surface area contributed by atoms with E-state index in [1.165, 1.54) is 0 Å². The van der Waals surface area contributed by atoms with Crippen LogP contribution in [0.3, 0.4) is 0 Å². The van der Waals surface area contributed by atoms with Crippen molar-refractivity contribution in [3.05, 3.63) is 29.8 Å². The fourth-order valence-electron chi connectivity index (χ4n) is 1.62. The number of rotatable bonds is 8. The van der Waals surface area contributed by atoms with Crippen LogP contribution in [0.1, 0.15) is 12.0 Å². The Balaban J connectivity index is 2.48. The molecule has 0 amide bonds. The maximum Gasteiger partial charge on any atom is 0.320 e. The van der Waals surface area contributed by atoms with Crippen molar-refractivity contribution in [1.82, 2.24) is 0 Å². The maximum atomic E-state index is 12.0. The summed E-state index contributed by atoms with van der Waals surface area (Å²) in [7, 11) is -1.22. The Bertz CT molecular complexity index is 540. The van der Waals surface area contributed by atoms with Crippen LogP contribution in [0.5, 0.6) is 5.75 Å². The van der Waals surface area contributed by atoms with Gasteiger partial charge in [-0.05, 0) is 30.5 Å². The van der Waals surface area contributed by atoms with Gasteiger partial charge < -0.3 is 15.6 Å². The zero-order chi connectivity index (χ0) is 15.2. The van der Waals surface area contributed by atoms with Crippen LogP contribution >= 0.6 is 0 Å². The fourth-order valence-corrected chi connectivity index (χ4v) is 3.02. The highest BCUT2D eigenvalue weighted by Gasteiger charge is 2.15. The number of hydrogen-bond acceptors (Lipinski definition) is 5. The van der Waals surface area contributed by atoms with Crippen LogP contribution in [-0.2, 0) is 20.9 Å². The summed E-state index contributed by atoms with van der Waals surface area (Å²) in [6.45, 7) is 0. The van der Waals surface area contributed by atoms with Gasteiger partial charge in [-0.1, -0.05) is 12.1 Å². The summed E-state index contributed by atoms with van der Waals surface area (Å²) >= 11 is 0. The number of aliphatic carboxylic acids is 1. The molecule has 6 nitrogen and oxygen atoms in total. The molecule has 0 aromatic heterocycles. The molecule has 0 bridgehead atoms. The van der Waals surface area contributed by atoms with E-state index in [1.54, 1.807) is 19.2 Å². The first-order valence-electron chi connectivity index (χ1n) is 6.19. The first kappa shape index (κ1) is 16.5. The molecule has 0 fully saturated rings.